The number of hydrogen-bond acceptors (Lipinski definition) is 5. The molecule has 0 aliphatic carbocycles. The fraction of sp³-hybridized carbons (Fsp3) is 0.400. The van der Waals surface area contributed by atoms with Crippen molar-refractivity contribution in [2.24, 2.45) is 0 Å². The Morgan fingerprint density at radius 2 is 1.91 bits per heavy atom. The molecular weight excluding hydrogens is 323 g/mol. The maximum Gasteiger partial charge on any atom is 0.321 e. The molecule has 6 nitrogen and oxygen atoms in total. The van der Waals surface area contributed by atoms with E-state index < -0.39 is 24.5 Å². The molecule has 0 aliphatic rings. The number of imide groups is 1. The summed E-state index contributed by atoms with van der Waals surface area (Å²) < 4.78 is 17.5. The lowest BCUT2D eigenvalue weighted by atomic mass is 10.4. The number of esters is 1. The summed E-state index contributed by atoms with van der Waals surface area (Å²) in [6, 6.07) is 5.31. The standard InChI is InChI=1S/C15H19FN2O4S/c1-2-8-17-15(21)18-13(19)10-22-14(20)7-9-23-12-5-3-11(16)4-6-12/h3-6H,2,7-10H2,1H3,(H2,17,18,19,21). The van der Waals surface area contributed by atoms with Gasteiger partial charge in [0.1, 0.15) is 5.82 Å². The zero-order valence-electron chi connectivity index (χ0n) is 12.8. The van der Waals surface area contributed by atoms with E-state index in [-0.39, 0.29) is 12.2 Å². The third kappa shape index (κ3) is 8.82. The molecule has 0 spiro atoms. The molecule has 2 N–H and O–H groups in total. The highest BCUT2D eigenvalue weighted by atomic mass is 32.2. The van der Waals surface area contributed by atoms with Crippen molar-refractivity contribution in [2.75, 3.05) is 18.9 Å². The molecule has 0 heterocycles. The van der Waals surface area contributed by atoms with Gasteiger partial charge < -0.3 is 10.1 Å². The van der Waals surface area contributed by atoms with Crippen LogP contribution in [-0.2, 0) is 14.3 Å². The fourth-order valence-corrected chi connectivity index (χ4v) is 2.28. The van der Waals surface area contributed by atoms with Crippen LogP contribution in [0.1, 0.15) is 19.8 Å². The minimum Gasteiger partial charge on any atom is -0.456 e. The first kappa shape index (κ1) is 19.0. The predicted octanol–water partition coefficient (Wildman–Crippen LogP) is 2.09. The molecule has 0 radical (unpaired) electrons. The van der Waals surface area contributed by atoms with Gasteiger partial charge in [-0.25, -0.2) is 9.18 Å². The van der Waals surface area contributed by atoms with Crippen LogP contribution in [0.5, 0.6) is 0 Å². The number of rotatable bonds is 8. The van der Waals surface area contributed by atoms with Gasteiger partial charge in [0.2, 0.25) is 0 Å². The highest BCUT2D eigenvalue weighted by molar-refractivity contribution is 7.99. The third-order valence-corrected chi connectivity index (χ3v) is 3.56. The van der Waals surface area contributed by atoms with Gasteiger partial charge >= 0.3 is 12.0 Å². The Bertz CT molecular complexity index is 537. The van der Waals surface area contributed by atoms with E-state index in [1.807, 2.05) is 6.92 Å². The molecular formula is C15H19FN2O4S. The van der Waals surface area contributed by atoms with Gasteiger partial charge in [-0.2, -0.15) is 0 Å². The van der Waals surface area contributed by atoms with Crippen LogP contribution in [0, 0.1) is 5.82 Å². The predicted molar refractivity (Wildman–Crippen MR) is 84.5 cm³/mol. The number of nitrogens with one attached hydrogen (secondary N) is 2. The van der Waals surface area contributed by atoms with E-state index in [0.717, 1.165) is 11.3 Å². The summed E-state index contributed by atoms with van der Waals surface area (Å²) in [7, 11) is 0. The second-order valence-electron chi connectivity index (χ2n) is 4.52. The normalized spacial score (nSPS) is 10.0. The van der Waals surface area contributed by atoms with Gasteiger partial charge in [-0.15, -0.1) is 11.8 Å². The van der Waals surface area contributed by atoms with E-state index in [2.05, 4.69) is 10.6 Å². The molecule has 23 heavy (non-hydrogen) atoms. The van der Waals surface area contributed by atoms with Crippen molar-refractivity contribution >= 4 is 29.7 Å². The van der Waals surface area contributed by atoms with E-state index in [1.165, 1.54) is 23.9 Å². The Morgan fingerprint density at radius 3 is 2.57 bits per heavy atom. The minimum absolute atomic E-state index is 0.108. The van der Waals surface area contributed by atoms with Crippen molar-refractivity contribution in [1.82, 2.24) is 10.6 Å². The van der Waals surface area contributed by atoms with Crippen LogP contribution in [0.15, 0.2) is 29.2 Å². The van der Waals surface area contributed by atoms with E-state index in [9.17, 15) is 18.8 Å². The molecule has 1 rings (SSSR count). The number of amides is 3. The summed E-state index contributed by atoms with van der Waals surface area (Å²) in [6.45, 7) is 1.84. The lowest BCUT2D eigenvalue weighted by molar-refractivity contribution is -0.147. The Labute approximate surface area is 138 Å². The summed E-state index contributed by atoms with van der Waals surface area (Å²) >= 11 is 1.38. The number of carbonyl (C=O) groups is 3. The van der Waals surface area contributed by atoms with Crippen molar-refractivity contribution in [3.63, 3.8) is 0 Å². The topological polar surface area (TPSA) is 84.5 Å². The molecule has 0 atom stereocenters. The van der Waals surface area contributed by atoms with Crippen LogP contribution in [0.3, 0.4) is 0 Å². The average Bonchev–Trinajstić information content (AvgIpc) is 2.53. The lowest BCUT2D eigenvalue weighted by Gasteiger charge is -2.06. The Morgan fingerprint density at radius 1 is 1.22 bits per heavy atom. The Hall–Kier alpha value is -2.09. The average molecular weight is 342 g/mol. The number of ether oxygens (including phenoxy) is 1. The zero-order valence-corrected chi connectivity index (χ0v) is 13.6. The van der Waals surface area contributed by atoms with Gasteiger partial charge in [-0.05, 0) is 30.7 Å². The molecule has 3 amide bonds. The Kier molecular flexibility index (Phi) is 8.74. The molecule has 1 aromatic carbocycles. The SMILES string of the molecule is CCCNC(=O)NC(=O)COC(=O)CCSc1ccc(F)cc1. The second-order valence-corrected chi connectivity index (χ2v) is 5.69. The molecule has 0 aliphatic heterocycles. The van der Waals surface area contributed by atoms with E-state index in [0.29, 0.717) is 12.3 Å². The first-order valence-electron chi connectivity index (χ1n) is 7.13. The van der Waals surface area contributed by atoms with Gasteiger partial charge in [0, 0.05) is 17.2 Å². The van der Waals surface area contributed by atoms with E-state index in [4.69, 9.17) is 4.74 Å². The first-order valence-corrected chi connectivity index (χ1v) is 8.11. The summed E-state index contributed by atoms with van der Waals surface area (Å²) in [4.78, 5) is 34.9. The summed E-state index contributed by atoms with van der Waals surface area (Å²) in [5, 5.41) is 4.52. The quantitative estimate of drug-likeness (QED) is 0.558. The number of halogens is 1. The molecule has 0 aromatic heterocycles. The maximum atomic E-state index is 12.7. The van der Waals surface area contributed by atoms with Crippen LogP contribution in [0.4, 0.5) is 9.18 Å². The highest BCUT2D eigenvalue weighted by Crippen LogP contribution is 2.18. The van der Waals surface area contributed by atoms with Gasteiger partial charge in [-0.1, -0.05) is 6.92 Å². The molecule has 8 heteroatoms. The Balaban J connectivity index is 2.15. The van der Waals surface area contributed by atoms with Crippen molar-refractivity contribution < 1.29 is 23.5 Å². The van der Waals surface area contributed by atoms with E-state index >= 15 is 0 Å². The number of urea groups is 1. The number of benzene rings is 1. The van der Waals surface area contributed by atoms with Gasteiger partial charge in [0.05, 0.1) is 6.42 Å². The number of thioether (sulfide) groups is 1. The summed E-state index contributed by atoms with van der Waals surface area (Å²) in [5.74, 6) is -1.09. The van der Waals surface area contributed by atoms with Gasteiger partial charge in [-0.3, -0.25) is 14.9 Å². The smallest absolute Gasteiger partial charge is 0.321 e. The highest BCUT2D eigenvalue weighted by Gasteiger charge is 2.10. The van der Waals surface area contributed by atoms with Gasteiger partial charge in [0.15, 0.2) is 6.61 Å². The molecule has 0 bridgehead atoms. The van der Waals surface area contributed by atoms with Crippen LogP contribution in [-0.4, -0.2) is 36.8 Å². The fourth-order valence-electron chi connectivity index (χ4n) is 1.45. The van der Waals surface area contributed by atoms with Crippen LogP contribution < -0.4 is 10.6 Å². The number of carbonyl (C=O) groups excluding carboxylic acids is 3. The molecule has 1 aromatic rings. The summed E-state index contributed by atoms with van der Waals surface area (Å²) in [6.07, 6.45) is 0.861. The van der Waals surface area contributed by atoms with Crippen molar-refractivity contribution in [1.29, 1.82) is 0 Å². The molecule has 0 saturated heterocycles. The minimum atomic E-state index is -0.682. The molecule has 0 saturated carbocycles. The molecule has 126 valence electrons. The van der Waals surface area contributed by atoms with Gasteiger partial charge in [0.25, 0.3) is 5.91 Å². The molecule has 0 unspecified atom stereocenters. The number of hydrogen-bond donors (Lipinski definition) is 2. The maximum absolute atomic E-state index is 12.7. The van der Waals surface area contributed by atoms with Crippen LogP contribution in [0.25, 0.3) is 0 Å². The summed E-state index contributed by atoms with van der Waals surface area (Å²) in [5.41, 5.74) is 0. The largest absolute Gasteiger partial charge is 0.456 e. The zero-order chi connectivity index (χ0) is 17.1. The van der Waals surface area contributed by atoms with Crippen molar-refractivity contribution in [3.05, 3.63) is 30.1 Å². The molecule has 0 fully saturated rings. The first-order chi connectivity index (χ1) is 11.0. The third-order valence-electron chi connectivity index (χ3n) is 2.54. The van der Waals surface area contributed by atoms with Crippen LogP contribution >= 0.6 is 11.8 Å². The van der Waals surface area contributed by atoms with Crippen molar-refractivity contribution in [2.45, 2.75) is 24.7 Å². The van der Waals surface area contributed by atoms with Crippen molar-refractivity contribution in [3.8, 4) is 0 Å². The monoisotopic (exact) mass is 342 g/mol. The van der Waals surface area contributed by atoms with Crippen LogP contribution in [0.2, 0.25) is 0 Å². The van der Waals surface area contributed by atoms with E-state index in [1.54, 1.807) is 12.1 Å². The lowest BCUT2D eigenvalue weighted by Crippen LogP contribution is -2.41. The second kappa shape index (κ2) is 10.6.